The van der Waals surface area contributed by atoms with E-state index in [0.717, 1.165) is 12.8 Å². The van der Waals surface area contributed by atoms with E-state index in [1.54, 1.807) is 0 Å². The van der Waals surface area contributed by atoms with Crippen molar-refractivity contribution in [3.63, 3.8) is 0 Å². The zero-order valence-corrected chi connectivity index (χ0v) is 26.2. The van der Waals surface area contributed by atoms with Gasteiger partial charge >= 0.3 is 41.6 Å². The molecule has 4 heteroatoms. The van der Waals surface area contributed by atoms with Gasteiger partial charge in [0.25, 0.3) is 0 Å². The van der Waals surface area contributed by atoms with Crippen LogP contribution in [0.3, 0.4) is 0 Å². The van der Waals surface area contributed by atoms with Crippen LogP contribution in [0.15, 0.2) is 72.8 Å². The van der Waals surface area contributed by atoms with Crippen molar-refractivity contribution in [2.24, 2.45) is 0 Å². The minimum atomic E-state index is 0. The summed E-state index contributed by atoms with van der Waals surface area (Å²) in [6, 6.07) is 32.2. The quantitative estimate of drug-likeness (QED) is 0.171. The first-order valence-electron chi connectivity index (χ1n) is 11.1. The maximum absolute atomic E-state index is 3.27. The number of hydrogen-bond donors (Lipinski definition) is 0. The molecule has 0 amide bonds. The Kier molecular flexibility index (Phi) is 11.0. The molecule has 0 fully saturated rings. The predicted octanol–water partition coefficient (Wildman–Crippen LogP) is 1.53. The van der Waals surface area contributed by atoms with Gasteiger partial charge in [-0.15, -0.1) is 22.3 Å². The summed E-state index contributed by atoms with van der Waals surface area (Å²) in [5.74, 6) is 0. The van der Waals surface area contributed by atoms with Crippen molar-refractivity contribution in [1.29, 1.82) is 0 Å². The van der Waals surface area contributed by atoms with Gasteiger partial charge in [-0.1, -0.05) is 62.4 Å². The molecule has 172 valence electrons. The summed E-state index contributed by atoms with van der Waals surface area (Å²) in [5, 5.41) is 0. The van der Waals surface area contributed by atoms with E-state index in [0.29, 0.717) is 0 Å². The van der Waals surface area contributed by atoms with Crippen LogP contribution < -0.4 is 24.8 Å². The van der Waals surface area contributed by atoms with Crippen LogP contribution in [0.4, 0.5) is 0 Å². The molecule has 0 heterocycles. The summed E-state index contributed by atoms with van der Waals surface area (Å²) in [5.41, 5.74) is 14.2. The minimum Gasteiger partial charge on any atom is -1.00 e. The fourth-order valence-corrected chi connectivity index (χ4v) is 4.50. The number of fused-ring (bicyclic) bond motifs is 6. The molecule has 0 radical (unpaired) electrons. The molecule has 6 rings (SSSR count). The Hall–Kier alpha value is -1.45. The van der Waals surface area contributed by atoms with Gasteiger partial charge in [-0.3, -0.25) is 0 Å². The number of halogens is 2. The van der Waals surface area contributed by atoms with E-state index >= 15 is 0 Å². The van der Waals surface area contributed by atoms with Gasteiger partial charge in [0.1, 0.15) is 0 Å². The molecule has 34 heavy (non-hydrogen) atoms. The molecule has 0 bridgehead atoms. The molecule has 0 atom stereocenters. The molecule has 0 unspecified atom stereocenters. The van der Waals surface area contributed by atoms with Crippen LogP contribution in [-0.4, -0.2) is 5.49 Å². The zero-order valence-electron chi connectivity index (χ0n) is 20.1. The number of aryl methyl sites for hydroxylation is 2. The Morgan fingerprint density at radius 3 is 1.35 bits per heavy atom. The van der Waals surface area contributed by atoms with E-state index in [-0.39, 0.29) is 30.3 Å². The Morgan fingerprint density at radius 2 is 0.971 bits per heavy atom. The molecule has 0 saturated carbocycles. The molecule has 4 aromatic rings. The van der Waals surface area contributed by atoms with Crippen molar-refractivity contribution in [2.75, 3.05) is 0 Å². The molecule has 0 saturated heterocycles. The van der Waals surface area contributed by atoms with E-state index < -0.39 is 0 Å². The summed E-state index contributed by atoms with van der Waals surface area (Å²) >= 11 is 1.45. The van der Waals surface area contributed by atoms with Gasteiger partial charge in [-0.2, -0.15) is 47.5 Å². The van der Waals surface area contributed by atoms with Crippen LogP contribution in [0.5, 0.6) is 0 Å². The van der Waals surface area contributed by atoms with Gasteiger partial charge in [0.15, 0.2) is 0 Å². The summed E-state index contributed by atoms with van der Waals surface area (Å²) in [6.07, 6.45) is 2.16. The fraction of sp³-hybridized carbons (Fsp3) is 0.200. The molecule has 0 N–H and O–H groups in total. The first-order valence-corrected chi connectivity index (χ1v) is 19.0. The monoisotopic (exact) mass is 666 g/mol. The second kappa shape index (κ2) is 13.0. The van der Waals surface area contributed by atoms with Crippen LogP contribution >= 0.6 is 0 Å². The molecule has 0 aliphatic heterocycles. The Balaban J connectivity index is 0.000000198. The van der Waals surface area contributed by atoms with Gasteiger partial charge in [-0.25, -0.2) is 0 Å². The topological polar surface area (TPSA) is 0 Å². The third-order valence-corrected chi connectivity index (χ3v) is 6.00. The van der Waals surface area contributed by atoms with Crippen molar-refractivity contribution in [3.8, 4) is 22.3 Å². The normalized spacial score (nSPS) is 11.0. The molecule has 0 nitrogen and oxygen atoms in total. The first-order chi connectivity index (χ1) is 15.5. The number of rotatable bonds is 0. The largest absolute Gasteiger partial charge is 1.00 e. The smallest absolute Gasteiger partial charge is 0.0398 e. The summed E-state index contributed by atoms with van der Waals surface area (Å²) in [4.78, 5) is 0. The van der Waals surface area contributed by atoms with Gasteiger partial charge < -0.3 is 24.8 Å². The third-order valence-electron chi connectivity index (χ3n) is 6.00. The van der Waals surface area contributed by atoms with E-state index in [1.165, 1.54) is 78.6 Å². The van der Waals surface area contributed by atoms with E-state index in [4.69, 9.17) is 0 Å². The molecule has 0 spiro atoms. The van der Waals surface area contributed by atoms with Gasteiger partial charge in [-0.05, 0) is 35.1 Å². The van der Waals surface area contributed by atoms with Crippen LogP contribution in [0.2, 0.25) is 13.1 Å². The third kappa shape index (κ3) is 6.40. The van der Waals surface area contributed by atoms with Crippen molar-refractivity contribution < 1.29 is 47.8 Å². The second-order valence-electron chi connectivity index (χ2n) is 8.66. The van der Waals surface area contributed by atoms with Gasteiger partial charge in [0.05, 0.1) is 0 Å². The van der Waals surface area contributed by atoms with Crippen molar-refractivity contribution in [3.05, 3.63) is 118 Å². The van der Waals surface area contributed by atoms with Crippen molar-refractivity contribution in [2.45, 2.75) is 39.8 Å². The summed E-state index contributed by atoms with van der Waals surface area (Å²) < 4.78 is 0. The molecule has 2 aliphatic rings. The molecular formula is C30H28Cl2HfSi-2. The van der Waals surface area contributed by atoms with E-state index in [1.807, 2.05) is 12.1 Å². The maximum atomic E-state index is 3.27. The average molecular weight is 666 g/mol. The van der Waals surface area contributed by atoms with Crippen LogP contribution in [0.1, 0.15) is 33.4 Å². The van der Waals surface area contributed by atoms with Crippen molar-refractivity contribution >= 4 is 5.49 Å². The average Bonchev–Trinajstić information content (AvgIpc) is 3.35. The summed E-state index contributed by atoms with van der Waals surface area (Å²) in [6.45, 7) is 8.95. The summed E-state index contributed by atoms with van der Waals surface area (Å²) in [7, 11) is 0. The standard InChI is InChI=1S/2C14H11.C2H6Si.2ClH.Hf/c2*1-10-5-4-8-13-12-7-3-2-6-11(12)9-14(10)13;1-3-2;;;/h2*2-4,6-8H,9H2,1H3;1-2H3;2*1H;/q2*-1;;;;+2/p-2. The number of benzene rings is 4. The number of hydrogen-bond acceptors (Lipinski definition) is 0. The second-order valence-corrected chi connectivity index (χ2v) is 21.4. The van der Waals surface area contributed by atoms with Crippen molar-refractivity contribution in [1.82, 2.24) is 0 Å². The minimum absolute atomic E-state index is 0. The van der Waals surface area contributed by atoms with E-state index in [9.17, 15) is 0 Å². The maximum Gasteiger partial charge on any atom is -0.0398 e. The predicted molar refractivity (Wildman–Crippen MR) is 134 cm³/mol. The van der Waals surface area contributed by atoms with Gasteiger partial charge in [0, 0.05) is 0 Å². The van der Waals surface area contributed by atoms with Crippen LogP contribution in [0.25, 0.3) is 22.3 Å². The van der Waals surface area contributed by atoms with Crippen LogP contribution in [-0.2, 0) is 35.8 Å². The fourth-order valence-electron chi connectivity index (χ4n) is 4.50. The Bertz CT molecular complexity index is 1200. The Labute approximate surface area is 232 Å². The SMILES string of the molecule is C[Si](C)=[Hf+2].Cc1[c-]ccc2c1Cc1ccccc1-2.Cc1[c-]ccc2c1Cc1ccccc1-2.[Cl-].[Cl-]. The first kappa shape index (κ1) is 28.8. The molecular weight excluding hydrogens is 638 g/mol. The van der Waals surface area contributed by atoms with E-state index in [2.05, 4.69) is 99.7 Å². The molecule has 4 aromatic carbocycles. The van der Waals surface area contributed by atoms with Gasteiger partial charge in [0.2, 0.25) is 0 Å². The zero-order chi connectivity index (χ0) is 22.7. The van der Waals surface area contributed by atoms with Crippen LogP contribution in [0, 0.1) is 26.0 Å². The molecule has 2 aliphatic carbocycles. The molecule has 0 aromatic heterocycles. The Morgan fingerprint density at radius 1 is 0.618 bits per heavy atom.